The molecule has 0 bridgehead atoms. The minimum Gasteiger partial charge on any atom is -0.455 e. The molecule has 0 aliphatic heterocycles. The van der Waals surface area contributed by atoms with Gasteiger partial charge in [-0.1, -0.05) is 212 Å². The van der Waals surface area contributed by atoms with E-state index in [-0.39, 0.29) is 0 Å². The molecule has 0 saturated heterocycles. The van der Waals surface area contributed by atoms with Crippen LogP contribution in [0.1, 0.15) is 22.3 Å². The van der Waals surface area contributed by atoms with Crippen molar-refractivity contribution in [3.63, 3.8) is 0 Å². The van der Waals surface area contributed by atoms with Crippen LogP contribution in [-0.4, -0.2) is 0 Å². The summed E-state index contributed by atoms with van der Waals surface area (Å²) in [4.78, 5) is 2.55. The molecule has 1 heterocycles. The van der Waals surface area contributed by atoms with E-state index in [9.17, 15) is 0 Å². The molecule has 0 atom stereocenters. The van der Waals surface area contributed by atoms with Gasteiger partial charge < -0.3 is 9.32 Å². The van der Waals surface area contributed by atoms with Crippen LogP contribution in [0.3, 0.4) is 0 Å². The van der Waals surface area contributed by atoms with Crippen molar-refractivity contribution in [1.29, 1.82) is 0 Å². The Bertz CT molecular complexity index is 4190. The topological polar surface area (TPSA) is 16.4 Å². The van der Waals surface area contributed by atoms with E-state index in [0.717, 1.165) is 61.3 Å². The summed E-state index contributed by atoms with van der Waals surface area (Å²) in [7, 11) is 0. The second-order valence-electron chi connectivity index (χ2n) is 18.6. The zero-order chi connectivity index (χ0) is 45.2. The Morgan fingerprint density at radius 1 is 0.275 bits per heavy atom. The van der Waals surface area contributed by atoms with Gasteiger partial charge in [0.1, 0.15) is 11.2 Å². The monoisotopic (exact) mass is 875 g/mol. The van der Waals surface area contributed by atoms with Crippen molar-refractivity contribution in [3.8, 4) is 44.5 Å². The van der Waals surface area contributed by atoms with Crippen molar-refractivity contribution in [2.24, 2.45) is 0 Å². The lowest BCUT2D eigenvalue weighted by Crippen LogP contribution is -2.26. The molecule has 15 rings (SSSR count). The lowest BCUT2D eigenvalue weighted by Gasteiger charge is -2.34. The molecule has 1 spiro atoms. The first kappa shape index (κ1) is 38.2. The molecule has 2 heteroatoms. The second-order valence-corrected chi connectivity index (χ2v) is 18.6. The average Bonchev–Trinajstić information content (AvgIpc) is 4.05. The van der Waals surface area contributed by atoms with Crippen molar-refractivity contribution in [3.05, 3.63) is 271 Å². The number of anilines is 3. The Labute approximate surface area is 399 Å². The Kier molecular flexibility index (Phi) is 8.02. The van der Waals surface area contributed by atoms with Crippen LogP contribution in [0.25, 0.3) is 98.8 Å². The van der Waals surface area contributed by atoms with Crippen LogP contribution in [0.2, 0.25) is 0 Å². The van der Waals surface area contributed by atoms with Gasteiger partial charge in [0.15, 0.2) is 0 Å². The van der Waals surface area contributed by atoms with Crippen LogP contribution < -0.4 is 4.90 Å². The van der Waals surface area contributed by atoms with Crippen LogP contribution in [0.15, 0.2) is 253 Å². The number of hydrogen-bond donors (Lipinski definition) is 0. The van der Waals surface area contributed by atoms with Gasteiger partial charge in [-0.2, -0.15) is 0 Å². The van der Waals surface area contributed by atoms with Gasteiger partial charge in [-0.25, -0.2) is 0 Å². The maximum absolute atomic E-state index is 6.98. The van der Waals surface area contributed by atoms with E-state index >= 15 is 0 Å². The molecule has 0 amide bonds. The molecule has 0 N–H and O–H groups in total. The maximum atomic E-state index is 6.98. The minimum atomic E-state index is -0.555. The predicted molar refractivity (Wildman–Crippen MR) is 288 cm³/mol. The highest BCUT2D eigenvalue weighted by Gasteiger charge is 2.52. The van der Waals surface area contributed by atoms with Gasteiger partial charge in [0.2, 0.25) is 0 Å². The van der Waals surface area contributed by atoms with Crippen molar-refractivity contribution in [2.45, 2.75) is 5.41 Å². The Morgan fingerprint density at radius 3 is 1.43 bits per heavy atom. The third kappa shape index (κ3) is 5.26. The van der Waals surface area contributed by atoms with Crippen LogP contribution in [0.4, 0.5) is 17.1 Å². The van der Waals surface area contributed by atoms with Crippen molar-refractivity contribution in [2.75, 3.05) is 4.90 Å². The maximum Gasteiger partial charge on any atom is 0.143 e. The number of nitrogens with zero attached hydrogens (tertiary/aromatic N) is 1. The summed E-state index contributed by atoms with van der Waals surface area (Å²) in [6.07, 6.45) is 0. The summed E-state index contributed by atoms with van der Waals surface area (Å²) >= 11 is 0. The minimum absolute atomic E-state index is 0.555. The van der Waals surface area contributed by atoms with E-state index in [1.165, 1.54) is 76.8 Å². The first-order chi connectivity index (χ1) is 34.3. The van der Waals surface area contributed by atoms with Gasteiger partial charge in [-0.05, 0) is 119 Å². The lowest BCUT2D eigenvalue weighted by atomic mass is 9.70. The SMILES string of the molecule is c1ccc(-c2ccccc2N(c2ccc3c4ccccc4c4ccccc4c3c2)c2cc3c(cc2-c2cccc4c2oc2ccccc24)-c2ccccc2C32c3ccccc3-c3ccccc32)cc1. The second kappa shape index (κ2) is 14.5. The summed E-state index contributed by atoms with van der Waals surface area (Å²) < 4.78 is 6.98. The van der Waals surface area contributed by atoms with E-state index in [4.69, 9.17) is 4.42 Å². The first-order valence-corrected chi connectivity index (χ1v) is 23.9. The summed E-state index contributed by atoms with van der Waals surface area (Å²) in [5.41, 5.74) is 19.1. The van der Waals surface area contributed by atoms with Crippen LogP contribution in [-0.2, 0) is 5.41 Å². The van der Waals surface area contributed by atoms with Gasteiger partial charge in [0.25, 0.3) is 0 Å². The highest BCUT2D eigenvalue weighted by Crippen LogP contribution is 2.64. The Morgan fingerprint density at radius 2 is 0.768 bits per heavy atom. The molecule has 320 valence electrons. The molecule has 0 fully saturated rings. The van der Waals surface area contributed by atoms with E-state index in [2.05, 4.69) is 254 Å². The zero-order valence-corrected chi connectivity index (χ0v) is 37.5. The summed E-state index contributed by atoms with van der Waals surface area (Å²) in [6.45, 7) is 0. The summed E-state index contributed by atoms with van der Waals surface area (Å²) in [5, 5.41) is 9.67. The Hall–Kier alpha value is -8.98. The zero-order valence-electron chi connectivity index (χ0n) is 37.5. The molecule has 0 unspecified atom stereocenters. The van der Waals surface area contributed by atoms with Crippen LogP contribution in [0.5, 0.6) is 0 Å². The standard InChI is InChI=1S/C67H41NO/c1-2-19-42(20-3-1)44-21-11-16-35-63(44)68(43-37-38-49-47-24-5-4-22-45(47)46-23-6-7-25-48(46)56(49)39-43)64-41-62-57(40-58(64)55-31-18-30-54-53-29-12-17-36-65(53)69-66(54)55)52-28-10-15-34-61(52)67(62)59-32-13-8-26-50(59)51-27-9-14-33-60(51)67/h1-41H. The van der Waals surface area contributed by atoms with Crippen LogP contribution in [0, 0.1) is 0 Å². The molecule has 2 aliphatic rings. The van der Waals surface area contributed by atoms with E-state index in [1.54, 1.807) is 0 Å². The van der Waals surface area contributed by atoms with Gasteiger partial charge in [0, 0.05) is 33.2 Å². The molecule has 0 radical (unpaired) electrons. The molecule has 69 heavy (non-hydrogen) atoms. The van der Waals surface area contributed by atoms with Gasteiger partial charge in [-0.3, -0.25) is 0 Å². The fraction of sp³-hybridized carbons (Fsp3) is 0.0149. The van der Waals surface area contributed by atoms with E-state index < -0.39 is 5.41 Å². The van der Waals surface area contributed by atoms with Gasteiger partial charge in [0.05, 0.1) is 16.8 Å². The lowest BCUT2D eigenvalue weighted by molar-refractivity contribution is 0.670. The summed E-state index contributed by atoms with van der Waals surface area (Å²) in [6, 6.07) is 92.1. The van der Waals surface area contributed by atoms with E-state index in [0.29, 0.717) is 0 Å². The quantitative estimate of drug-likeness (QED) is 0.160. The van der Waals surface area contributed by atoms with Crippen molar-refractivity contribution in [1.82, 2.24) is 0 Å². The largest absolute Gasteiger partial charge is 0.455 e. The first-order valence-electron chi connectivity index (χ1n) is 23.9. The van der Waals surface area contributed by atoms with Crippen molar-refractivity contribution < 1.29 is 4.42 Å². The number of fused-ring (bicyclic) bond motifs is 19. The molecule has 2 nitrogen and oxygen atoms in total. The number of hydrogen-bond acceptors (Lipinski definition) is 2. The summed E-state index contributed by atoms with van der Waals surface area (Å²) in [5.74, 6) is 0. The Balaban J connectivity index is 1.12. The fourth-order valence-corrected chi connectivity index (χ4v) is 12.5. The fourth-order valence-electron chi connectivity index (χ4n) is 12.5. The smallest absolute Gasteiger partial charge is 0.143 e. The molecule has 0 saturated carbocycles. The van der Waals surface area contributed by atoms with Crippen LogP contribution >= 0.6 is 0 Å². The number of benzene rings is 12. The number of rotatable bonds is 5. The van der Waals surface area contributed by atoms with Crippen molar-refractivity contribution >= 4 is 71.3 Å². The normalized spacial score (nSPS) is 13.0. The molecular formula is C67H41NO. The molecular weight excluding hydrogens is 835 g/mol. The molecule has 2 aliphatic carbocycles. The highest BCUT2D eigenvalue weighted by atomic mass is 16.3. The molecule has 1 aromatic heterocycles. The number of furan rings is 1. The third-order valence-corrected chi connectivity index (χ3v) is 15.3. The molecule has 13 aromatic rings. The highest BCUT2D eigenvalue weighted by molar-refractivity contribution is 6.26. The average molecular weight is 876 g/mol. The number of para-hydroxylation sites is 3. The van der Waals surface area contributed by atoms with Gasteiger partial charge >= 0.3 is 0 Å². The van der Waals surface area contributed by atoms with Gasteiger partial charge in [-0.15, -0.1) is 0 Å². The molecule has 12 aromatic carbocycles. The third-order valence-electron chi connectivity index (χ3n) is 15.3. The predicted octanol–water partition coefficient (Wildman–Crippen LogP) is 18.2. The van der Waals surface area contributed by atoms with E-state index in [1.807, 2.05) is 0 Å².